The van der Waals surface area contributed by atoms with Crippen LogP contribution in [0.2, 0.25) is 10.0 Å². The number of nitrogens with one attached hydrogen (secondary N) is 1. The number of fused-ring (bicyclic) bond motifs is 1. The van der Waals surface area contributed by atoms with Crippen LogP contribution in [0.1, 0.15) is 27.2 Å². The predicted octanol–water partition coefficient (Wildman–Crippen LogP) is 6.09. The molecule has 0 fully saturated rings. The molecule has 0 saturated carbocycles. The number of hydrazone groups is 1. The second-order valence-corrected chi connectivity index (χ2v) is 8.48. The monoisotopic (exact) mass is 495 g/mol. The molecular weight excluding hydrogens is 473 g/mol. The van der Waals surface area contributed by atoms with Gasteiger partial charge in [0.05, 0.1) is 20.4 Å². The quantitative estimate of drug-likeness (QED) is 0.249. The lowest BCUT2D eigenvalue weighted by atomic mass is 10.1. The van der Waals surface area contributed by atoms with Crippen LogP contribution in [0.25, 0.3) is 10.9 Å². The van der Waals surface area contributed by atoms with Gasteiger partial charge in [0, 0.05) is 50.4 Å². The standard InChI is InChI=1S/C26H23Cl2N3O3/c1-16-23(14-29-30-26(32)18-10-20(33-2)13-21(11-18)34-3)22-6-4-5-7-25(22)31(16)15-17-8-9-19(27)12-24(17)28/h4-14H,15H2,1-3H3,(H,30,32)/b29-14-. The van der Waals surface area contributed by atoms with E-state index in [0.717, 1.165) is 27.7 Å². The van der Waals surface area contributed by atoms with Crippen LogP contribution in [0.5, 0.6) is 11.5 Å². The third-order valence-corrected chi connectivity index (χ3v) is 6.18. The number of rotatable bonds is 7. The van der Waals surface area contributed by atoms with Crippen molar-refractivity contribution in [1.29, 1.82) is 0 Å². The minimum absolute atomic E-state index is 0.372. The van der Waals surface area contributed by atoms with Crippen LogP contribution in [0.4, 0.5) is 0 Å². The molecule has 1 N–H and O–H groups in total. The number of aromatic nitrogens is 1. The van der Waals surface area contributed by atoms with Gasteiger partial charge in [0.2, 0.25) is 0 Å². The summed E-state index contributed by atoms with van der Waals surface area (Å²) in [5.74, 6) is 0.671. The number of amides is 1. The number of nitrogens with zero attached hydrogens (tertiary/aromatic N) is 2. The number of benzene rings is 3. The maximum Gasteiger partial charge on any atom is 0.271 e. The molecule has 174 valence electrons. The molecular formula is C26H23Cl2N3O3. The second kappa shape index (κ2) is 10.2. The minimum atomic E-state index is -0.372. The highest BCUT2D eigenvalue weighted by Crippen LogP contribution is 2.28. The van der Waals surface area contributed by atoms with Crippen LogP contribution in [-0.2, 0) is 6.54 Å². The number of carbonyl (C=O) groups excluding carboxylic acids is 1. The van der Waals surface area contributed by atoms with Crippen molar-refractivity contribution < 1.29 is 14.3 Å². The number of methoxy groups -OCH3 is 2. The first-order chi connectivity index (χ1) is 16.4. The molecule has 0 atom stereocenters. The van der Waals surface area contributed by atoms with Crippen molar-refractivity contribution in [3.8, 4) is 11.5 Å². The van der Waals surface area contributed by atoms with Gasteiger partial charge in [0.25, 0.3) is 5.91 Å². The van der Waals surface area contributed by atoms with E-state index in [1.165, 1.54) is 14.2 Å². The average Bonchev–Trinajstić information content (AvgIpc) is 3.11. The number of ether oxygens (including phenoxy) is 2. The maximum absolute atomic E-state index is 12.7. The number of hydrogen-bond acceptors (Lipinski definition) is 4. The van der Waals surface area contributed by atoms with Gasteiger partial charge in [0.15, 0.2) is 0 Å². The maximum atomic E-state index is 12.7. The third-order valence-electron chi connectivity index (χ3n) is 5.60. The molecule has 34 heavy (non-hydrogen) atoms. The van der Waals surface area contributed by atoms with E-state index >= 15 is 0 Å². The summed E-state index contributed by atoms with van der Waals surface area (Å²) >= 11 is 12.5. The smallest absolute Gasteiger partial charge is 0.271 e. The minimum Gasteiger partial charge on any atom is -0.497 e. The van der Waals surface area contributed by atoms with Gasteiger partial charge in [-0.3, -0.25) is 4.79 Å². The molecule has 0 radical (unpaired) electrons. The van der Waals surface area contributed by atoms with Gasteiger partial charge >= 0.3 is 0 Å². The summed E-state index contributed by atoms with van der Waals surface area (Å²) in [6, 6.07) is 18.5. The average molecular weight is 496 g/mol. The Bertz CT molecular complexity index is 1370. The molecule has 8 heteroatoms. The first-order valence-electron chi connectivity index (χ1n) is 10.5. The summed E-state index contributed by atoms with van der Waals surface area (Å²) in [5, 5.41) is 6.46. The Morgan fingerprint density at radius 2 is 1.74 bits per heavy atom. The van der Waals surface area contributed by atoms with Crippen LogP contribution < -0.4 is 14.9 Å². The molecule has 0 bridgehead atoms. The van der Waals surface area contributed by atoms with Crippen molar-refractivity contribution in [3.05, 3.63) is 93.1 Å². The van der Waals surface area contributed by atoms with E-state index in [4.69, 9.17) is 32.7 Å². The zero-order valence-electron chi connectivity index (χ0n) is 18.9. The van der Waals surface area contributed by atoms with Gasteiger partial charge in [-0.05, 0) is 42.8 Å². The van der Waals surface area contributed by atoms with Crippen molar-refractivity contribution in [2.24, 2.45) is 5.10 Å². The molecule has 0 aliphatic heterocycles. The van der Waals surface area contributed by atoms with Gasteiger partial charge < -0.3 is 14.0 Å². The largest absolute Gasteiger partial charge is 0.497 e. The van der Waals surface area contributed by atoms with Crippen molar-refractivity contribution in [3.63, 3.8) is 0 Å². The molecule has 1 heterocycles. The zero-order valence-corrected chi connectivity index (χ0v) is 20.4. The van der Waals surface area contributed by atoms with Gasteiger partial charge in [-0.1, -0.05) is 47.5 Å². The van der Waals surface area contributed by atoms with E-state index in [2.05, 4.69) is 15.1 Å². The van der Waals surface area contributed by atoms with Crippen molar-refractivity contribution >= 4 is 46.2 Å². The van der Waals surface area contributed by atoms with Gasteiger partial charge in [0.1, 0.15) is 11.5 Å². The molecule has 3 aromatic carbocycles. The van der Waals surface area contributed by atoms with Crippen molar-refractivity contribution in [2.45, 2.75) is 13.5 Å². The van der Waals surface area contributed by atoms with Crippen LogP contribution >= 0.6 is 23.2 Å². The highest BCUT2D eigenvalue weighted by molar-refractivity contribution is 6.35. The molecule has 4 rings (SSSR count). The number of carbonyl (C=O) groups is 1. The molecule has 1 amide bonds. The lowest BCUT2D eigenvalue weighted by molar-refractivity contribution is 0.0954. The summed E-state index contributed by atoms with van der Waals surface area (Å²) in [6.45, 7) is 2.59. The summed E-state index contributed by atoms with van der Waals surface area (Å²) in [7, 11) is 3.06. The summed E-state index contributed by atoms with van der Waals surface area (Å²) in [4.78, 5) is 12.7. The summed E-state index contributed by atoms with van der Waals surface area (Å²) in [6.07, 6.45) is 1.66. The van der Waals surface area contributed by atoms with Gasteiger partial charge in [-0.25, -0.2) is 5.43 Å². The Kier molecular flexibility index (Phi) is 7.10. The van der Waals surface area contributed by atoms with Crippen molar-refractivity contribution in [2.75, 3.05) is 14.2 Å². The Hall–Kier alpha value is -3.48. The Morgan fingerprint density at radius 1 is 1.03 bits per heavy atom. The van der Waals surface area contributed by atoms with E-state index in [-0.39, 0.29) is 5.91 Å². The van der Waals surface area contributed by atoms with Gasteiger partial charge in [-0.15, -0.1) is 0 Å². The van der Waals surface area contributed by atoms with Crippen LogP contribution in [-0.4, -0.2) is 30.9 Å². The Balaban J connectivity index is 1.62. The first kappa shape index (κ1) is 23.7. The van der Waals surface area contributed by atoms with E-state index in [1.807, 2.05) is 43.3 Å². The first-order valence-corrected chi connectivity index (χ1v) is 11.2. The molecule has 6 nitrogen and oxygen atoms in total. The van der Waals surface area contributed by atoms with Gasteiger partial charge in [-0.2, -0.15) is 5.10 Å². The number of halogens is 2. The Morgan fingerprint density at radius 3 is 2.41 bits per heavy atom. The van der Waals surface area contributed by atoms with E-state index in [0.29, 0.717) is 33.7 Å². The topological polar surface area (TPSA) is 64.8 Å². The van der Waals surface area contributed by atoms with Crippen molar-refractivity contribution in [1.82, 2.24) is 9.99 Å². The summed E-state index contributed by atoms with van der Waals surface area (Å²) < 4.78 is 12.6. The summed E-state index contributed by atoms with van der Waals surface area (Å²) in [5.41, 5.74) is 6.87. The van der Waals surface area contributed by atoms with Crippen LogP contribution in [0.15, 0.2) is 65.8 Å². The molecule has 0 spiro atoms. The number of para-hydroxylation sites is 1. The third kappa shape index (κ3) is 4.88. The fourth-order valence-corrected chi connectivity index (χ4v) is 4.27. The second-order valence-electron chi connectivity index (χ2n) is 7.64. The molecule has 0 aliphatic rings. The normalized spacial score (nSPS) is 11.2. The number of hydrogen-bond donors (Lipinski definition) is 1. The van der Waals surface area contributed by atoms with Crippen LogP contribution in [0.3, 0.4) is 0 Å². The molecule has 0 unspecified atom stereocenters. The van der Waals surface area contributed by atoms with E-state index < -0.39 is 0 Å². The van der Waals surface area contributed by atoms with Crippen LogP contribution in [0, 0.1) is 6.92 Å². The SMILES string of the molecule is COc1cc(OC)cc(C(=O)N/N=C\c2c(C)n(Cc3ccc(Cl)cc3Cl)c3ccccc23)c1. The fourth-order valence-electron chi connectivity index (χ4n) is 3.80. The lowest BCUT2D eigenvalue weighted by Gasteiger charge is -2.10. The molecule has 0 saturated heterocycles. The molecule has 1 aromatic heterocycles. The predicted molar refractivity (Wildman–Crippen MR) is 137 cm³/mol. The molecule has 0 aliphatic carbocycles. The van der Waals surface area contributed by atoms with E-state index in [1.54, 1.807) is 30.5 Å². The zero-order chi connectivity index (χ0) is 24.2. The highest BCUT2D eigenvalue weighted by Gasteiger charge is 2.14. The fraction of sp³-hybridized carbons (Fsp3) is 0.154. The Labute approximate surface area is 207 Å². The lowest BCUT2D eigenvalue weighted by Crippen LogP contribution is -2.17. The van der Waals surface area contributed by atoms with E-state index in [9.17, 15) is 4.79 Å². The molecule has 4 aromatic rings. The highest BCUT2D eigenvalue weighted by atomic mass is 35.5.